The fraction of sp³-hybridized carbons (Fsp3) is 0.462. The highest BCUT2D eigenvalue weighted by Crippen LogP contribution is 2.27. The Bertz CT molecular complexity index is 673. The van der Waals surface area contributed by atoms with Gasteiger partial charge in [-0.05, 0) is 32.0 Å². The third-order valence-corrected chi connectivity index (χ3v) is 5.67. The van der Waals surface area contributed by atoms with Crippen LogP contribution < -0.4 is 11.1 Å². The monoisotopic (exact) mass is 315 g/mol. The predicted molar refractivity (Wildman–Crippen MR) is 75.3 cm³/mol. The molecule has 2 rings (SSSR count). The maximum atomic E-state index is 13.5. The molecule has 0 saturated carbocycles. The lowest BCUT2D eigenvalue weighted by molar-refractivity contribution is -0.131. The minimum absolute atomic E-state index is 0.0628. The molecule has 0 unspecified atom stereocenters. The Morgan fingerprint density at radius 3 is 2.71 bits per heavy atom. The molecule has 3 N–H and O–H groups in total. The number of carbonyl (C=O) groups is 1. The normalized spacial score (nSPS) is 19.3. The van der Waals surface area contributed by atoms with Crippen molar-refractivity contribution in [3.63, 3.8) is 0 Å². The summed E-state index contributed by atoms with van der Waals surface area (Å²) in [6.45, 7) is 3.38. The van der Waals surface area contributed by atoms with Crippen molar-refractivity contribution in [2.45, 2.75) is 30.8 Å². The minimum atomic E-state index is -3.90. The molecular weight excluding hydrogens is 297 g/mol. The van der Waals surface area contributed by atoms with Crippen LogP contribution in [-0.2, 0) is 21.4 Å². The lowest BCUT2D eigenvalue weighted by atomic mass is 10.0. The second kappa shape index (κ2) is 5.36. The molecular formula is C13H18FN3O3S. The molecule has 1 aromatic carbocycles. The smallest absolute Gasteiger partial charge is 0.244 e. The van der Waals surface area contributed by atoms with Crippen molar-refractivity contribution < 1.29 is 17.6 Å². The zero-order chi connectivity index (χ0) is 15.8. The molecule has 0 aliphatic carbocycles. The van der Waals surface area contributed by atoms with E-state index in [0.717, 1.165) is 10.4 Å². The van der Waals surface area contributed by atoms with Gasteiger partial charge in [0.2, 0.25) is 15.9 Å². The Morgan fingerprint density at radius 2 is 2.10 bits per heavy atom. The van der Waals surface area contributed by atoms with Crippen molar-refractivity contribution in [2.75, 3.05) is 13.1 Å². The van der Waals surface area contributed by atoms with Crippen LogP contribution in [0.25, 0.3) is 0 Å². The van der Waals surface area contributed by atoms with Gasteiger partial charge in [-0.3, -0.25) is 4.79 Å². The first-order chi connectivity index (χ1) is 9.71. The van der Waals surface area contributed by atoms with Gasteiger partial charge in [0.25, 0.3) is 0 Å². The lowest BCUT2D eigenvalue weighted by Crippen LogP contribution is -2.63. The number of benzene rings is 1. The van der Waals surface area contributed by atoms with E-state index in [4.69, 9.17) is 5.73 Å². The number of nitrogens with two attached hydrogens (primary N) is 1. The summed E-state index contributed by atoms with van der Waals surface area (Å²) in [6, 6.07) is 3.48. The minimum Gasteiger partial charge on any atom is -0.353 e. The van der Waals surface area contributed by atoms with Crippen LogP contribution in [0, 0.1) is 5.82 Å². The molecule has 0 atom stereocenters. The molecule has 1 fully saturated rings. The second-order valence-electron chi connectivity index (χ2n) is 5.35. The summed E-state index contributed by atoms with van der Waals surface area (Å²) in [5, 5.41) is 2.63. The van der Waals surface area contributed by atoms with E-state index in [2.05, 4.69) is 5.32 Å². The molecule has 1 aromatic rings. The van der Waals surface area contributed by atoms with E-state index >= 15 is 0 Å². The maximum Gasteiger partial charge on any atom is 0.244 e. The van der Waals surface area contributed by atoms with Crippen molar-refractivity contribution >= 4 is 15.9 Å². The summed E-state index contributed by atoms with van der Waals surface area (Å²) in [7, 11) is -3.90. The van der Waals surface area contributed by atoms with E-state index in [0.29, 0.717) is 0 Å². The summed E-state index contributed by atoms with van der Waals surface area (Å²) in [6.07, 6.45) is 0. The standard InChI is InChI=1S/C13H18FN3O3S/c1-13(2)12(18)16-5-6-17(13)21(19,20)10-3-4-11(14)9(7-10)8-15/h3-4,7H,5-6,8,15H2,1-2H3,(H,16,18). The summed E-state index contributed by atoms with van der Waals surface area (Å²) >= 11 is 0. The third kappa shape index (κ3) is 2.66. The van der Waals surface area contributed by atoms with E-state index in [9.17, 15) is 17.6 Å². The van der Waals surface area contributed by atoms with Gasteiger partial charge in [0.15, 0.2) is 0 Å². The fourth-order valence-electron chi connectivity index (χ4n) is 2.30. The highest BCUT2D eigenvalue weighted by molar-refractivity contribution is 7.89. The summed E-state index contributed by atoms with van der Waals surface area (Å²) in [5.41, 5.74) is 4.32. The fourth-order valence-corrected chi connectivity index (χ4v) is 4.10. The number of hydrogen-bond acceptors (Lipinski definition) is 4. The van der Waals surface area contributed by atoms with Gasteiger partial charge in [-0.1, -0.05) is 0 Å². The molecule has 1 aliphatic heterocycles. The Morgan fingerprint density at radius 1 is 1.43 bits per heavy atom. The predicted octanol–water partition coefficient (Wildman–Crippen LogP) is 0.184. The van der Waals surface area contributed by atoms with Gasteiger partial charge in [-0.2, -0.15) is 4.31 Å². The molecule has 116 valence electrons. The summed E-state index contributed by atoms with van der Waals surface area (Å²) < 4.78 is 40.0. The van der Waals surface area contributed by atoms with E-state index < -0.39 is 21.4 Å². The molecule has 6 nitrogen and oxygen atoms in total. The molecule has 0 spiro atoms. The van der Waals surface area contributed by atoms with Crippen LogP contribution in [-0.4, -0.2) is 37.3 Å². The van der Waals surface area contributed by atoms with Crippen molar-refractivity contribution in [2.24, 2.45) is 5.73 Å². The van der Waals surface area contributed by atoms with Crippen LogP contribution in [0.4, 0.5) is 4.39 Å². The first kappa shape index (κ1) is 15.9. The number of halogens is 1. The number of nitrogens with zero attached hydrogens (tertiary/aromatic N) is 1. The van der Waals surface area contributed by atoms with Gasteiger partial charge >= 0.3 is 0 Å². The van der Waals surface area contributed by atoms with Crippen LogP contribution in [0.15, 0.2) is 23.1 Å². The first-order valence-corrected chi connectivity index (χ1v) is 7.95. The van der Waals surface area contributed by atoms with Crippen LogP contribution in [0.2, 0.25) is 0 Å². The molecule has 1 saturated heterocycles. The van der Waals surface area contributed by atoms with Crippen molar-refractivity contribution in [1.29, 1.82) is 0 Å². The summed E-state index contributed by atoms with van der Waals surface area (Å²) in [4.78, 5) is 11.8. The van der Waals surface area contributed by atoms with Gasteiger partial charge in [0.05, 0.1) is 4.90 Å². The average molecular weight is 315 g/mol. The highest BCUT2D eigenvalue weighted by atomic mass is 32.2. The molecule has 1 aliphatic rings. The van der Waals surface area contributed by atoms with E-state index in [-0.39, 0.29) is 36.0 Å². The number of rotatable bonds is 3. The van der Waals surface area contributed by atoms with Gasteiger partial charge < -0.3 is 11.1 Å². The number of carbonyl (C=O) groups excluding carboxylic acids is 1. The average Bonchev–Trinajstić information content (AvgIpc) is 2.41. The highest BCUT2D eigenvalue weighted by Gasteiger charge is 2.44. The molecule has 1 heterocycles. The van der Waals surface area contributed by atoms with E-state index in [1.54, 1.807) is 0 Å². The van der Waals surface area contributed by atoms with Gasteiger partial charge in [0, 0.05) is 25.2 Å². The Hall–Kier alpha value is -1.51. The van der Waals surface area contributed by atoms with Crippen LogP contribution in [0.1, 0.15) is 19.4 Å². The third-order valence-electron chi connectivity index (χ3n) is 3.60. The van der Waals surface area contributed by atoms with Crippen molar-refractivity contribution in [1.82, 2.24) is 9.62 Å². The van der Waals surface area contributed by atoms with Crippen LogP contribution in [0.3, 0.4) is 0 Å². The zero-order valence-corrected chi connectivity index (χ0v) is 12.7. The van der Waals surface area contributed by atoms with E-state index in [1.165, 1.54) is 26.0 Å². The van der Waals surface area contributed by atoms with Crippen molar-refractivity contribution in [3.8, 4) is 0 Å². The number of amides is 1. The second-order valence-corrected chi connectivity index (χ2v) is 7.21. The number of sulfonamides is 1. The topological polar surface area (TPSA) is 92.5 Å². The molecule has 0 aromatic heterocycles. The van der Waals surface area contributed by atoms with Gasteiger partial charge in [0.1, 0.15) is 11.4 Å². The maximum absolute atomic E-state index is 13.5. The Labute approximate surface area is 123 Å². The largest absolute Gasteiger partial charge is 0.353 e. The number of piperazine rings is 1. The zero-order valence-electron chi connectivity index (χ0n) is 11.9. The van der Waals surface area contributed by atoms with Crippen LogP contribution >= 0.6 is 0 Å². The molecule has 8 heteroatoms. The van der Waals surface area contributed by atoms with Gasteiger partial charge in [-0.25, -0.2) is 12.8 Å². The SMILES string of the molecule is CC1(C)C(=O)NCCN1S(=O)(=O)c1ccc(F)c(CN)c1. The first-order valence-electron chi connectivity index (χ1n) is 6.51. The van der Waals surface area contributed by atoms with Crippen LogP contribution in [0.5, 0.6) is 0 Å². The molecule has 1 amide bonds. The molecule has 0 radical (unpaired) electrons. The van der Waals surface area contributed by atoms with E-state index in [1.807, 2.05) is 0 Å². The summed E-state index contributed by atoms with van der Waals surface area (Å²) in [5.74, 6) is -0.911. The lowest BCUT2D eigenvalue weighted by Gasteiger charge is -2.39. The number of hydrogen-bond donors (Lipinski definition) is 2. The Balaban J connectivity index is 2.49. The number of nitrogens with one attached hydrogen (secondary N) is 1. The molecule has 0 bridgehead atoms. The molecule has 21 heavy (non-hydrogen) atoms. The quantitative estimate of drug-likeness (QED) is 0.832. The Kier molecular flexibility index (Phi) is 4.05. The van der Waals surface area contributed by atoms with Gasteiger partial charge in [-0.15, -0.1) is 0 Å². The van der Waals surface area contributed by atoms with Crippen molar-refractivity contribution in [3.05, 3.63) is 29.6 Å².